The van der Waals surface area contributed by atoms with Crippen molar-refractivity contribution < 1.29 is 14.3 Å². The minimum absolute atomic E-state index is 0.0438. The molecule has 3 rings (SSSR count). The van der Waals surface area contributed by atoms with Gasteiger partial charge in [-0.25, -0.2) is 4.98 Å². The van der Waals surface area contributed by atoms with Crippen LogP contribution < -0.4 is 14.8 Å². The molecule has 2 aromatic carbocycles. The first kappa shape index (κ1) is 18.2. The average Bonchev–Trinajstić information content (AvgIpc) is 3.06. The van der Waals surface area contributed by atoms with Gasteiger partial charge in [-0.15, -0.1) is 0 Å². The largest absolute Gasteiger partial charge is 0.494 e. The van der Waals surface area contributed by atoms with E-state index in [4.69, 9.17) is 9.47 Å². The third kappa shape index (κ3) is 4.52. The van der Waals surface area contributed by atoms with Gasteiger partial charge in [0.25, 0.3) is 5.91 Å². The maximum atomic E-state index is 12.2. The Labute approximate surface area is 157 Å². The van der Waals surface area contributed by atoms with E-state index in [9.17, 15) is 4.79 Å². The minimum Gasteiger partial charge on any atom is -0.494 e. The van der Waals surface area contributed by atoms with Crippen LogP contribution >= 0.6 is 11.3 Å². The molecule has 1 N–H and O–H groups in total. The van der Waals surface area contributed by atoms with Crippen molar-refractivity contribution in [3.8, 4) is 11.5 Å². The summed E-state index contributed by atoms with van der Waals surface area (Å²) >= 11 is 1.42. The predicted octanol–water partition coefficient (Wildman–Crippen LogP) is 4.67. The Kier molecular flexibility index (Phi) is 6.07. The molecule has 0 aliphatic heterocycles. The van der Waals surface area contributed by atoms with Crippen molar-refractivity contribution in [1.82, 2.24) is 4.98 Å². The summed E-state index contributed by atoms with van der Waals surface area (Å²) in [5.41, 5.74) is 1.92. The second kappa shape index (κ2) is 8.67. The molecule has 0 bridgehead atoms. The number of benzene rings is 2. The number of fused-ring (bicyclic) bond motifs is 1. The van der Waals surface area contributed by atoms with Gasteiger partial charge < -0.3 is 9.47 Å². The van der Waals surface area contributed by atoms with Crippen LogP contribution in [0.4, 0.5) is 5.13 Å². The van der Waals surface area contributed by atoms with Crippen LogP contribution in [0, 0.1) is 0 Å². The van der Waals surface area contributed by atoms with Gasteiger partial charge in [0, 0.05) is 0 Å². The Morgan fingerprint density at radius 2 is 2.00 bits per heavy atom. The monoisotopic (exact) mass is 370 g/mol. The first-order valence-corrected chi connectivity index (χ1v) is 9.55. The van der Waals surface area contributed by atoms with E-state index < -0.39 is 0 Å². The summed E-state index contributed by atoms with van der Waals surface area (Å²) in [5.74, 6) is 1.34. The zero-order valence-electron chi connectivity index (χ0n) is 15.0. The highest BCUT2D eigenvalue weighted by molar-refractivity contribution is 7.22. The molecule has 5 nitrogen and oxygen atoms in total. The van der Waals surface area contributed by atoms with Gasteiger partial charge in [-0.05, 0) is 42.7 Å². The molecule has 1 heterocycles. The van der Waals surface area contributed by atoms with E-state index in [1.165, 1.54) is 11.3 Å². The Hall–Kier alpha value is -2.60. The van der Waals surface area contributed by atoms with Gasteiger partial charge in [0.15, 0.2) is 11.7 Å². The molecule has 0 saturated heterocycles. The molecule has 0 spiro atoms. The molecule has 0 aliphatic carbocycles. The zero-order valence-corrected chi connectivity index (χ0v) is 15.8. The molecule has 0 unspecified atom stereocenters. The SMILES string of the molecule is CCCOc1ccc2nc(NC(=O)COc3ccccc3CC)sc2c1. The van der Waals surface area contributed by atoms with Crippen LogP contribution in [0.1, 0.15) is 25.8 Å². The fraction of sp³-hybridized carbons (Fsp3) is 0.300. The summed E-state index contributed by atoms with van der Waals surface area (Å²) in [5, 5.41) is 3.36. The summed E-state index contributed by atoms with van der Waals surface area (Å²) in [6.07, 6.45) is 1.82. The normalized spacial score (nSPS) is 10.7. The summed E-state index contributed by atoms with van der Waals surface area (Å²) in [7, 11) is 0. The molecule has 136 valence electrons. The highest BCUT2D eigenvalue weighted by atomic mass is 32.1. The lowest BCUT2D eigenvalue weighted by molar-refractivity contribution is -0.118. The number of para-hydroxylation sites is 1. The van der Waals surface area contributed by atoms with Gasteiger partial charge >= 0.3 is 0 Å². The van der Waals surface area contributed by atoms with E-state index in [0.29, 0.717) is 11.7 Å². The van der Waals surface area contributed by atoms with Crippen molar-refractivity contribution in [3.63, 3.8) is 0 Å². The highest BCUT2D eigenvalue weighted by Crippen LogP contribution is 2.29. The molecule has 0 fully saturated rings. The molecule has 0 atom stereocenters. The van der Waals surface area contributed by atoms with Crippen molar-refractivity contribution in [2.45, 2.75) is 26.7 Å². The van der Waals surface area contributed by atoms with Gasteiger partial charge in [0.1, 0.15) is 11.5 Å². The van der Waals surface area contributed by atoms with Crippen molar-refractivity contribution in [2.24, 2.45) is 0 Å². The predicted molar refractivity (Wildman–Crippen MR) is 105 cm³/mol. The van der Waals surface area contributed by atoms with E-state index in [0.717, 1.165) is 40.1 Å². The van der Waals surface area contributed by atoms with Crippen molar-refractivity contribution >= 4 is 32.6 Å². The number of aryl methyl sites for hydroxylation is 1. The number of amides is 1. The molecule has 1 amide bonds. The van der Waals surface area contributed by atoms with Crippen LogP contribution in [0.3, 0.4) is 0 Å². The fourth-order valence-electron chi connectivity index (χ4n) is 2.50. The number of anilines is 1. The van der Waals surface area contributed by atoms with Crippen LogP contribution in [0.2, 0.25) is 0 Å². The molecule has 0 radical (unpaired) electrons. The number of nitrogens with one attached hydrogen (secondary N) is 1. The first-order chi connectivity index (χ1) is 12.7. The topological polar surface area (TPSA) is 60.5 Å². The van der Waals surface area contributed by atoms with E-state index >= 15 is 0 Å². The molecule has 6 heteroatoms. The lowest BCUT2D eigenvalue weighted by Crippen LogP contribution is -2.20. The number of ether oxygens (including phenoxy) is 2. The minimum atomic E-state index is -0.225. The number of aromatic nitrogens is 1. The second-order valence-corrected chi connectivity index (χ2v) is 6.83. The fourth-order valence-corrected chi connectivity index (χ4v) is 3.41. The maximum Gasteiger partial charge on any atom is 0.264 e. The van der Waals surface area contributed by atoms with E-state index in [1.54, 1.807) is 0 Å². The number of nitrogens with zero attached hydrogens (tertiary/aromatic N) is 1. The molecular formula is C20H22N2O3S. The molecule has 0 saturated carbocycles. The number of carbonyl (C=O) groups is 1. The lowest BCUT2D eigenvalue weighted by Gasteiger charge is -2.09. The average molecular weight is 370 g/mol. The summed E-state index contributed by atoms with van der Waals surface area (Å²) in [6, 6.07) is 13.5. The van der Waals surface area contributed by atoms with Gasteiger partial charge in [-0.3, -0.25) is 10.1 Å². The van der Waals surface area contributed by atoms with Crippen molar-refractivity contribution in [2.75, 3.05) is 18.5 Å². The number of carbonyl (C=O) groups excluding carboxylic acids is 1. The van der Waals surface area contributed by atoms with Crippen LogP contribution in [0.15, 0.2) is 42.5 Å². The van der Waals surface area contributed by atoms with Gasteiger partial charge in [-0.1, -0.05) is 43.4 Å². The Bertz CT molecular complexity index is 892. The smallest absolute Gasteiger partial charge is 0.264 e. The Morgan fingerprint density at radius 3 is 2.81 bits per heavy atom. The van der Waals surface area contributed by atoms with Crippen LogP contribution in [0.25, 0.3) is 10.2 Å². The van der Waals surface area contributed by atoms with Crippen LogP contribution in [-0.4, -0.2) is 24.1 Å². The molecule has 3 aromatic rings. The third-order valence-electron chi connectivity index (χ3n) is 3.79. The number of hydrogen-bond acceptors (Lipinski definition) is 5. The van der Waals surface area contributed by atoms with Crippen LogP contribution in [-0.2, 0) is 11.2 Å². The van der Waals surface area contributed by atoms with E-state index in [2.05, 4.69) is 24.1 Å². The van der Waals surface area contributed by atoms with Crippen LogP contribution in [0.5, 0.6) is 11.5 Å². The summed E-state index contributed by atoms with van der Waals surface area (Å²) in [6.45, 7) is 4.77. The summed E-state index contributed by atoms with van der Waals surface area (Å²) < 4.78 is 12.3. The van der Waals surface area contributed by atoms with Gasteiger partial charge in [0.05, 0.1) is 16.8 Å². The number of hydrogen-bond donors (Lipinski definition) is 1. The molecule has 1 aromatic heterocycles. The molecule has 0 aliphatic rings. The van der Waals surface area contributed by atoms with Gasteiger partial charge in [-0.2, -0.15) is 0 Å². The quantitative estimate of drug-likeness (QED) is 0.626. The number of rotatable bonds is 8. The second-order valence-electron chi connectivity index (χ2n) is 5.80. The van der Waals surface area contributed by atoms with Gasteiger partial charge in [0.2, 0.25) is 0 Å². The Morgan fingerprint density at radius 1 is 1.15 bits per heavy atom. The first-order valence-electron chi connectivity index (χ1n) is 8.73. The van der Waals surface area contributed by atoms with Crippen molar-refractivity contribution in [1.29, 1.82) is 0 Å². The lowest BCUT2D eigenvalue weighted by atomic mass is 10.1. The van der Waals surface area contributed by atoms with Crippen molar-refractivity contribution in [3.05, 3.63) is 48.0 Å². The zero-order chi connectivity index (χ0) is 18.4. The molecular weight excluding hydrogens is 348 g/mol. The standard InChI is InChI=1S/C20H22N2O3S/c1-3-11-24-15-9-10-16-18(12-15)26-20(21-16)22-19(23)13-25-17-8-6-5-7-14(17)4-2/h5-10,12H,3-4,11,13H2,1-2H3,(H,21,22,23). The van der Waals surface area contributed by atoms with E-state index in [-0.39, 0.29) is 12.5 Å². The Balaban J connectivity index is 1.61. The maximum absolute atomic E-state index is 12.2. The third-order valence-corrected chi connectivity index (χ3v) is 4.72. The highest BCUT2D eigenvalue weighted by Gasteiger charge is 2.10. The van der Waals surface area contributed by atoms with E-state index in [1.807, 2.05) is 42.5 Å². The number of thiazole rings is 1. The summed E-state index contributed by atoms with van der Waals surface area (Å²) in [4.78, 5) is 16.6. The molecule has 26 heavy (non-hydrogen) atoms.